The van der Waals surface area contributed by atoms with E-state index in [2.05, 4.69) is 4.90 Å². The van der Waals surface area contributed by atoms with E-state index in [1.165, 1.54) is 32.1 Å². The molecule has 2 rings (SSSR count). The number of rotatable bonds is 3. The molecule has 0 unspecified atom stereocenters. The molecule has 0 amide bonds. The highest BCUT2D eigenvalue weighted by Gasteiger charge is 2.31. The zero-order valence-corrected chi connectivity index (χ0v) is 10.6. The lowest BCUT2D eigenvalue weighted by Gasteiger charge is -2.26. The zero-order chi connectivity index (χ0) is 11.6. The van der Waals surface area contributed by atoms with Crippen LogP contribution in [0.3, 0.4) is 0 Å². The van der Waals surface area contributed by atoms with E-state index in [4.69, 9.17) is 5.14 Å². The maximum atomic E-state index is 11.2. The molecule has 2 fully saturated rings. The number of likely N-dealkylation sites (tertiary alicyclic amines) is 1. The topological polar surface area (TPSA) is 63.4 Å². The minimum absolute atomic E-state index is 0.323. The van der Waals surface area contributed by atoms with E-state index in [1.807, 2.05) is 0 Å². The second kappa shape index (κ2) is 5.02. The van der Waals surface area contributed by atoms with Crippen LogP contribution < -0.4 is 5.14 Å². The lowest BCUT2D eigenvalue weighted by atomic mass is 9.89. The van der Waals surface area contributed by atoms with Gasteiger partial charge < -0.3 is 4.90 Å². The van der Waals surface area contributed by atoms with E-state index in [-0.39, 0.29) is 5.25 Å². The Morgan fingerprint density at radius 1 is 1.12 bits per heavy atom. The molecule has 0 bridgehead atoms. The Morgan fingerprint density at radius 3 is 2.38 bits per heavy atom. The van der Waals surface area contributed by atoms with Gasteiger partial charge in [0, 0.05) is 13.1 Å². The predicted molar refractivity (Wildman–Crippen MR) is 64.5 cm³/mol. The summed E-state index contributed by atoms with van der Waals surface area (Å²) in [5, 5.41) is 4.86. The highest BCUT2D eigenvalue weighted by atomic mass is 32.2. The third-order valence-electron chi connectivity index (χ3n) is 3.93. The molecule has 0 aromatic rings. The van der Waals surface area contributed by atoms with Crippen LogP contribution in [0.5, 0.6) is 0 Å². The monoisotopic (exact) mass is 246 g/mol. The number of sulfonamides is 1. The van der Waals surface area contributed by atoms with Gasteiger partial charge in [0.05, 0.1) is 5.25 Å². The summed E-state index contributed by atoms with van der Waals surface area (Å²) >= 11 is 0. The van der Waals surface area contributed by atoms with Crippen LogP contribution in [0, 0.1) is 5.92 Å². The summed E-state index contributed by atoms with van der Waals surface area (Å²) in [7, 11) is -3.32. The number of primary sulfonamides is 1. The quantitative estimate of drug-likeness (QED) is 0.805. The van der Waals surface area contributed by atoms with Crippen molar-refractivity contribution in [2.45, 2.75) is 43.8 Å². The molecule has 0 aromatic carbocycles. The van der Waals surface area contributed by atoms with Crippen molar-refractivity contribution < 1.29 is 8.42 Å². The molecule has 1 aliphatic heterocycles. The Hall–Kier alpha value is -0.130. The lowest BCUT2D eigenvalue weighted by molar-refractivity contribution is 0.234. The summed E-state index contributed by atoms with van der Waals surface area (Å²) < 4.78 is 22.4. The molecule has 94 valence electrons. The van der Waals surface area contributed by atoms with E-state index in [9.17, 15) is 8.42 Å². The molecule has 1 saturated carbocycles. The van der Waals surface area contributed by atoms with E-state index < -0.39 is 10.0 Å². The fourth-order valence-corrected chi connectivity index (χ4v) is 3.82. The number of nitrogens with two attached hydrogens (primary N) is 1. The first-order valence-corrected chi connectivity index (χ1v) is 7.90. The SMILES string of the molecule is NS(=O)(=O)[C@@H]1CCN(CC2CCCCC2)C1. The van der Waals surface area contributed by atoms with Crippen LogP contribution in [-0.2, 0) is 10.0 Å². The van der Waals surface area contributed by atoms with Crippen molar-refractivity contribution in [2.24, 2.45) is 11.1 Å². The van der Waals surface area contributed by atoms with E-state index in [1.54, 1.807) is 0 Å². The molecule has 2 N–H and O–H groups in total. The molecule has 0 spiro atoms. The van der Waals surface area contributed by atoms with Gasteiger partial charge in [0.1, 0.15) is 0 Å². The molecule has 0 aromatic heterocycles. The summed E-state index contributed by atoms with van der Waals surface area (Å²) in [4.78, 5) is 2.28. The third kappa shape index (κ3) is 3.18. The molecule has 0 radical (unpaired) electrons. The van der Waals surface area contributed by atoms with Crippen molar-refractivity contribution in [3.63, 3.8) is 0 Å². The van der Waals surface area contributed by atoms with Gasteiger partial charge >= 0.3 is 0 Å². The molecule has 2 aliphatic rings. The second-order valence-electron chi connectivity index (χ2n) is 5.26. The first-order valence-electron chi connectivity index (χ1n) is 6.29. The summed E-state index contributed by atoms with van der Waals surface area (Å²) in [6.45, 7) is 2.62. The van der Waals surface area contributed by atoms with Crippen molar-refractivity contribution in [2.75, 3.05) is 19.6 Å². The first-order chi connectivity index (χ1) is 7.55. The second-order valence-corrected chi connectivity index (χ2v) is 7.11. The fourth-order valence-electron chi connectivity index (χ4n) is 2.97. The number of nitrogens with zero attached hydrogens (tertiary/aromatic N) is 1. The maximum Gasteiger partial charge on any atom is 0.213 e. The standard InChI is InChI=1S/C11H22N2O2S/c12-16(14,15)11-6-7-13(9-11)8-10-4-2-1-3-5-10/h10-11H,1-9H2,(H2,12,14,15)/t11-/m1/s1. The highest BCUT2D eigenvalue weighted by Crippen LogP contribution is 2.26. The summed E-state index contributed by atoms with van der Waals surface area (Å²) in [6, 6.07) is 0. The van der Waals surface area contributed by atoms with Gasteiger partial charge in [-0.25, -0.2) is 13.6 Å². The molecule has 1 aliphatic carbocycles. The van der Waals surface area contributed by atoms with Crippen LogP contribution in [0.1, 0.15) is 38.5 Å². The third-order valence-corrected chi connectivity index (χ3v) is 5.25. The van der Waals surface area contributed by atoms with Gasteiger partial charge in [-0.15, -0.1) is 0 Å². The van der Waals surface area contributed by atoms with Crippen molar-refractivity contribution in [1.82, 2.24) is 4.90 Å². The molecule has 1 atom stereocenters. The van der Waals surface area contributed by atoms with Crippen LogP contribution >= 0.6 is 0 Å². The molecule has 5 heteroatoms. The van der Waals surface area contributed by atoms with E-state index >= 15 is 0 Å². The Bertz CT molecular complexity index is 323. The van der Waals surface area contributed by atoms with E-state index in [0.717, 1.165) is 19.0 Å². The Balaban J connectivity index is 1.80. The van der Waals surface area contributed by atoms with Gasteiger partial charge in [0.15, 0.2) is 0 Å². The maximum absolute atomic E-state index is 11.2. The summed E-state index contributed by atoms with van der Waals surface area (Å²) in [6.07, 6.45) is 7.41. The molecule has 4 nitrogen and oxygen atoms in total. The highest BCUT2D eigenvalue weighted by molar-refractivity contribution is 7.89. The first kappa shape index (κ1) is 12.3. The van der Waals surface area contributed by atoms with Crippen LogP contribution in [0.2, 0.25) is 0 Å². The molecule has 1 heterocycles. The average molecular weight is 246 g/mol. The molecule has 16 heavy (non-hydrogen) atoms. The number of hydrogen-bond donors (Lipinski definition) is 1. The summed E-state index contributed by atoms with van der Waals surface area (Å²) in [5.41, 5.74) is 0. The number of hydrogen-bond acceptors (Lipinski definition) is 3. The van der Waals surface area contributed by atoms with Crippen LogP contribution in [0.25, 0.3) is 0 Å². The normalized spacial score (nSPS) is 29.7. The Kier molecular flexibility index (Phi) is 3.87. The smallest absolute Gasteiger partial charge is 0.213 e. The molecular weight excluding hydrogens is 224 g/mol. The lowest BCUT2D eigenvalue weighted by Crippen LogP contribution is -2.34. The Labute approximate surface area is 98.2 Å². The summed E-state index contributed by atoms with van der Waals surface area (Å²) in [5.74, 6) is 0.785. The van der Waals surface area contributed by atoms with Gasteiger partial charge in [-0.1, -0.05) is 19.3 Å². The van der Waals surface area contributed by atoms with Crippen LogP contribution in [0.4, 0.5) is 0 Å². The molecule has 1 saturated heterocycles. The van der Waals surface area contributed by atoms with Crippen molar-refractivity contribution >= 4 is 10.0 Å². The van der Waals surface area contributed by atoms with Gasteiger partial charge in [0.25, 0.3) is 0 Å². The van der Waals surface area contributed by atoms with Crippen molar-refractivity contribution in [3.05, 3.63) is 0 Å². The minimum atomic E-state index is -3.32. The van der Waals surface area contributed by atoms with Crippen LogP contribution in [-0.4, -0.2) is 38.2 Å². The predicted octanol–water partition coefficient (Wildman–Crippen LogP) is 0.929. The van der Waals surface area contributed by atoms with Crippen molar-refractivity contribution in [1.29, 1.82) is 0 Å². The Morgan fingerprint density at radius 2 is 1.81 bits per heavy atom. The van der Waals surface area contributed by atoms with E-state index in [0.29, 0.717) is 13.0 Å². The van der Waals surface area contributed by atoms with Gasteiger partial charge in [-0.2, -0.15) is 0 Å². The van der Waals surface area contributed by atoms with Crippen LogP contribution in [0.15, 0.2) is 0 Å². The van der Waals surface area contributed by atoms with Gasteiger partial charge in [0.2, 0.25) is 10.0 Å². The van der Waals surface area contributed by atoms with Gasteiger partial charge in [-0.05, 0) is 31.7 Å². The van der Waals surface area contributed by atoms with Gasteiger partial charge in [-0.3, -0.25) is 0 Å². The minimum Gasteiger partial charge on any atom is -0.302 e. The molecular formula is C11H22N2O2S. The average Bonchev–Trinajstić information content (AvgIpc) is 2.67. The van der Waals surface area contributed by atoms with Crippen molar-refractivity contribution in [3.8, 4) is 0 Å². The fraction of sp³-hybridized carbons (Fsp3) is 1.00. The largest absolute Gasteiger partial charge is 0.302 e. The zero-order valence-electron chi connectivity index (χ0n) is 9.77.